The van der Waals surface area contributed by atoms with Gasteiger partial charge in [0, 0.05) is 6.61 Å². The van der Waals surface area contributed by atoms with Crippen LogP contribution < -0.4 is 0 Å². The molecule has 1 aromatic rings. The van der Waals surface area contributed by atoms with Gasteiger partial charge in [-0.25, -0.2) is 9.97 Å². The molecular weight excluding hydrogens is 264 g/mol. The molecule has 2 heterocycles. The summed E-state index contributed by atoms with van der Waals surface area (Å²) >= 11 is 5.90. The molecule has 1 atom stereocenters. The second kappa shape index (κ2) is 7.44. The van der Waals surface area contributed by atoms with E-state index < -0.39 is 0 Å². The van der Waals surface area contributed by atoms with Crippen LogP contribution in [0.1, 0.15) is 37.6 Å². The predicted octanol–water partition coefficient (Wildman–Crippen LogP) is 2.59. The van der Waals surface area contributed by atoms with Crippen molar-refractivity contribution in [2.75, 3.05) is 13.2 Å². The van der Waals surface area contributed by atoms with E-state index in [1.807, 2.05) is 6.92 Å². The fourth-order valence-electron chi connectivity index (χ4n) is 1.80. The Kier molecular flexibility index (Phi) is 5.59. The largest absolute Gasteiger partial charge is 0.353 e. The van der Waals surface area contributed by atoms with Crippen LogP contribution in [-0.2, 0) is 15.9 Å². The molecule has 1 fully saturated rings. The molecule has 0 aromatic carbocycles. The summed E-state index contributed by atoms with van der Waals surface area (Å²) in [5, 5.41) is 0.444. The summed E-state index contributed by atoms with van der Waals surface area (Å²) < 4.78 is 11.0. The minimum absolute atomic E-state index is 0.106. The van der Waals surface area contributed by atoms with Crippen molar-refractivity contribution in [3.63, 3.8) is 0 Å². The first-order valence-electron chi connectivity index (χ1n) is 6.53. The van der Waals surface area contributed by atoms with Crippen molar-refractivity contribution in [2.45, 2.75) is 38.9 Å². The molecule has 2 rings (SSSR count). The fourth-order valence-corrected chi connectivity index (χ4v) is 2.03. The molecule has 4 nitrogen and oxygen atoms in total. The highest BCUT2D eigenvalue weighted by Gasteiger charge is 2.12. The highest BCUT2D eigenvalue weighted by Crippen LogP contribution is 2.13. The van der Waals surface area contributed by atoms with Crippen LogP contribution in [0.25, 0.3) is 0 Å². The third-order valence-corrected chi connectivity index (χ3v) is 3.14. The van der Waals surface area contributed by atoms with Gasteiger partial charge in [0.25, 0.3) is 0 Å². The third kappa shape index (κ3) is 4.46. The lowest BCUT2D eigenvalue weighted by Gasteiger charge is -2.21. The summed E-state index contributed by atoms with van der Waals surface area (Å²) in [6, 6.07) is 0. The van der Waals surface area contributed by atoms with Gasteiger partial charge < -0.3 is 9.47 Å². The second-order valence-corrected chi connectivity index (χ2v) is 4.61. The molecule has 0 N–H and O–H groups in total. The Morgan fingerprint density at radius 1 is 1.53 bits per heavy atom. The first-order valence-corrected chi connectivity index (χ1v) is 6.91. The molecule has 1 saturated heterocycles. The van der Waals surface area contributed by atoms with Crippen LogP contribution >= 0.6 is 11.6 Å². The third-order valence-electron chi connectivity index (χ3n) is 2.82. The molecule has 102 valence electrons. The van der Waals surface area contributed by atoms with Gasteiger partial charge in [0.1, 0.15) is 12.3 Å². The Morgan fingerprint density at radius 3 is 3.16 bits per heavy atom. The van der Waals surface area contributed by atoms with Crippen molar-refractivity contribution >= 4 is 11.6 Å². The van der Waals surface area contributed by atoms with E-state index in [0.717, 1.165) is 38.0 Å². The van der Waals surface area contributed by atoms with Crippen LogP contribution in [0.5, 0.6) is 0 Å². The number of aromatic nitrogens is 2. The Bertz CT molecular complexity index is 476. The second-order valence-electron chi connectivity index (χ2n) is 4.26. The summed E-state index contributed by atoms with van der Waals surface area (Å²) in [4.78, 5) is 8.37. The predicted molar refractivity (Wildman–Crippen MR) is 72.8 cm³/mol. The average molecular weight is 281 g/mol. The number of rotatable bonds is 3. The number of hydrogen-bond donors (Lipinski definition) is 0. The molecule has 0 bridgehead atoms. The maximum Gasteiger partial charge on any atom is 0.158 e. The molecule has 0 saturated carbocycles. The molecule has 1 aromatic heterocycles. The van der Waals surface area contributed by atoms with Gasteiger partial charge >= 0.3 is 0 Å². The van der Waals surface area contributed by atoms with Crippen LogP contribution in [0.4, 0.5) is 0 Å². The van der Waals surface area contributed by atoms with E-state index in [0.29, 0.717) is 17.5 Å². The van der Waals surface area contributed by atoms with Gasteiger partial charge in [0.05, 0.1) is 11.9 Å². The van der Waals surface area contributed by atoms with Gasteiger partial charge in [-0.1, -0.05) is 24.4 Å². The zero-order valence-corrected chi connectivity index (χ0v) is 11.7. The van der Waals surface area contributed by atoms with Crippen LogP contribution in [0.3, 0.4) is 0 Å². The Balaban J connectivity index is 1.85. The number of aryl methyl sites for hydroxylation is 1. The van der Waals surface area contributed by atoms with Gasteiger partial charge in [-0.2, -0.15) is 0 Å². The summed E-state index contributed by atoms with van der Waals surface area (Å²) in [7, 11) is 0. The highest BCUT2D eigenvalue weighted by molar-refractivity contribution is 6.29. The topological polar surface area (TPSA) is 44.2 Å². The number of nitrogens with zero attached hydrogens (tertiary/aromatic N) is 2. The minimum Gasteiger partial charge on any atom is -0.353 e. The van der Waals surface area contributed by atoms with Crippen molar-refractivity contribution in [3.05, 3.63) is 22.7 Å². The standard InChI is InChI=1S/C14H17ClN2O2/c1-2-12-14(15)16-10-11(17-12)6-5-9-19-13-7-3-4-8-18-13/h10,13H,2-4,7-9H2,1H3. The Labute approximate surface area is 118 Å². The molecule has 1 aliphatic heterocycles. The first-order chi connectivity index (χ1) is 9.29. The van der Waals surface area contributed by atoms with Gasteiger partial charge in [-0.3, -0.25) is 0 Å². The molecule has 5 heteroatoms. The van der Waals surface area contributed by atoms with Crippen molar-refractivity contribution in [1.82, 2.24) is 9.97 Å². The average Bonchev–Trinajstić information content (AvgIpc) is 2.46. The van der Waals surface area contributed by atoms with Crippen LogP contribution in [-0.4, -0.2) is 29.5 Å². The molecule has 0 amide bonds. The van der Waals surface area contributed by atoms with E-state index in [1.54, 1.807) is 6.20 Å². The summed E-state index contributed by atoms with van der Waals surface area (Å²) in [5.74, 6) is 5.85. The van der Waals surface area contributed by atoms with Gasteiger partial charge in [0.2, 0.25) is 0 Å². The van der Waals surface area contributed by atoms with Crippen molar-refractivity contribution in [1.29, 1.82) is 0 Å². The molecule has 0 radical (unpaired) electrons. The van der Waals surface area contributed by atoms with Crippen LogP contribution in [0.15, 0.2) is 6.20 Å². The lowest BCUT2D eigenvalue weighted by molar-refractivity contribution is -0.154. The maximum absolute atomic E-state index is 5.90. The number of hydrogen-bond acceptors (Lipinski definition) is 4. The maximum atomic E-state index is 5.90. The SMILES string of the molecule is CCc1nc(C#CCOC2CCCCO2)cnc1Cl. The van der Waals surface area contributed by atoms with Crippen molar-refractivity contribution < 1.29 is 9.47 Å². The summed E-state index contributed by atoms with van der Waals surface area (Å²) in [6.45, 7) is 3.10. The van der Waals surface area contributed by atoms with Crippen molar-refractivity contribution in [2.24, 2.45) is 0 Å². The van der Waals surface area contributed by atoms with Crippen LogP contribution in [0, 0.1) is 11.8 Å². The lowest BCUT2D eigenvalue weighted by atomic mass is 10.2. The molecule has 1 aliphatic rings. The monoisotopic (exact) mass is 280 g/mol. The van der Waals surface area contributed by atoms with E-state index in [2.05, 4.69) is 21.8 Å². The van der Waals surface area contributed by atoms with E-state index >= 15 is 0 Å². The zero-order valence-electron chi connectivity index (χ0n) is 11.0. The van der Waals surface area contributed by atoms with Crippen molar-refractivity contribution in [3.8, 4) is 11.8 Å². The highest BCUT2D eigenvalue weighted by atomic mass is 35.5. The first kappa shape index (κ1) is 14.3. The van der Waals surface area contributed by atoms with E-state index in [4.69, 9.17) is 21.1 Å². The lowest BCUT2D eigenvalue weighted by Crippen LogP contribution is -2.22. The summed E-state index contributed by atoms with van der Waals surface area (Å²) in [5.41, 5.74) is 1.39. The van der Waals surface area contributed by atoms with E-state index in [1.165, 1.54) is 0 Å². The van der Waals surface area contributed by atoms with Gasteiger partial charge in [-0.05, 0) is 31.6 Å². The quantitative estimate of drug-likeness (QED) is 0.799. The molecule has 0 aliphatic carbocycles. The molecule has 19 heavy (non-hydrogen) atoms. The molecule has 0 spiro atoms. The fraction of sp³-hybridized carbons (Fsp3) is 0.571. The van der Waals surface area contributed by atoms with Crippen LogP contribution in [0.2, 0.25) is 5.15 Å². The van der Waals surface area contributed by atoms with E-state index in [-0.39, 0.29) is 6.29 Å². The van der Waals surface area contributed by atoms with Gasteiger partial charge in [-0.15, -0.1) is 0 Å². The zero-order chi connectivity index (χ0) is 13.5. The van der Waals surface area contributed by atoms with E-state index in [9.17, 15) is 0 Å². The normalized spacial score (nSPS) is 18.7. The molecular formula is C14H17ClN2O2. The van der Waals surface area contributed by atoms with Gasteiger partial charge in [0.15, 0.2) is 11.4 Å². The summed E-state index contributed by atoms with van der Waals surface area (Å²) in [6.07, 6.45) is 5.43. The number of ether oxygens (including phenoxy) is 2. The smallest absolute Gasteiger partial charge is 0.158 e. The Morgan fingerprint density at radius 2 is 2.42 bits per heavy atom. The number of halogens is 1. The Hall–Kier alpha value is -1.15. The minimum atomic E-state index is -0.106. The molecule has 1 unspecified atom stereocenters.